The van der Waals surface area contributed by atoms with Crippen LogP contribution in [0.5, 0.6) is 0 Å². The molecule has 0 aromatic heterocycles. The van der Waals surface area contributed by atoms with Crippen molar-refractivity contribution >= 4 is 5.91 Å². The van der Waals surface area contributed by atoms with Gasteiger partial charge in [0, 0.05) is 18.5 Å². The lowest BCUT2D eigenvalue weighted by Gasteiger charge is -2.41. The van der Waals surface area contributed by atoms with Gasteiger partial charge in [-0.3, -0.25) is 4.79 Å². The molecule has 0 rings (SSSR count). The number of rotatable bonds is 11. The second-order valence-electron chi connectivity index (χ2n) is 6.17. The summed E-state index contributed by atoms with van der Waals surface area (Å²) >= 11 is 0. The summed E-state index contributed by atoms with van der Waals surface area (Å²) in [4.78, 5) is 12.6. The molecule has 0 aliphatic rings. The molecule has 0 heterocycles. The Labute approximate surface area is 126 Å². The molecule has 0 spiro atoms. The Morgan fingerprint density at radius 2 is 1.55 bits per heavy atom. The number of nitrogens with one attached hydrogen (secondary N) is 1. The second-order valence-corrected chi connectivity index (χ2v) is 6.17. The van der Waals surface area contributed by atoms with E-state index in [0.29, 0.717) is 18.5 Å². The van der Waals surface area contributed by atoms with Crippen LogP contribution in [0.2, 0.25) is 0 Å². The Balaban J connectivity index is 5.18. The minimum atomic E-state index is -0.226. The lowest BCUT2D eigenvalue weighted by Crippen LogP contribution is -2.45. The van der Waals surface area contributed by atoms with Crippen LogP contribution in [0.25, 0.3) is 0 Å². The highest BCUT2D eigenvalue weighted by Gasteiger charge is 2.41. The van der Waals surface area contributed by atoms with Crippen molar-refractivity contribution in [3.8, 4) is 0 Å². The highest BCUT2D eigenvalue weighted by Crippen LogP contribution is 2.46. The predicted octanol–water partition coefficient (Wildman–Crippen LogP) is 3.86. The Bertz CT molecular complexity index is 268. The fraction of sp³-hybridized carbons (Fsp3) is 0.941. The number of hydrogen-bond donors (Lipinski definition) is 2. The number of amides is 1. The first-order chi connectivity index (χ1) is 9.49. The van der Waals surface area contributed by atoms with Gasteiger partial charge in [-0.05, 0) is 31.1 Å². The van der Waals surface area contributed by atoms with Crippen LogP contribution in [-0.2, 0) is 4.79 Å². The first-order valence-electron chi connectivity index (χ1n) is 8.48. The molecule has 0 aromatic rings. The molecule has 0 aliphatic heterocycles. The van der Waals surface area contributed by atoms with Crippen LogP contribution in [0, 0.1) is 10.8 Å². The standard InChI is InChI=1S/C17H36N2O/c1-6-11-16(7-2,8-3)14-17(9-4,10-5)15(20)19-13-12-18/h6-14,18H2,1-5H3,(H,19,20). The normalized spacial score (nSPS) is 12.5. The number of nitrogens with two attached hydrogens (primary N) is 1. The molecular weight excluding hydrogens is 248 g/mol. The van der Waals surface area contributed by atoms with Gasteiger partial charge < -0.3 is 11.1 Å². The maximum absolute atomic E-state index is 12.6. The van der Waals surface area contributed by atoms with Gasteiger partial charge >= 0.3 is 0 Å². The Hall–Kier alpha value is -0.570. The molecule has 120 valence electrons. The molecule has 3 N–H and O–H groups in total. The minimum Gasteiger partial charge on any atom is -0.354 e. The topological polar surface area (TPSA) is 55.1 Å². The molecule has 20 heavy (non-hydrogen) atoms. The van der Waals surface area contributed by atoms with E-state index in [2.05, 4.69) is 39.9 Å². The zero-order valence-corrected chi connectivity index (χ0v) is 14.3. The Kier molecular flexibility index (Phi) is 9.11. The molecule has 1 amide bonds. The van der Waals surface area contributed by atoms with Crippen LogP contribution in [0.3, 0.4) is 0 Å². The third-order valence-corrected chi connectivity index (χ3v) is 5.26. The monoisotopic (exact) mass is 284 g/mol. The van der Waals surface area contributed by atoms with E-state index < -0.39 is 0 Å². The van der Waals surface area contributed by atoms with Crippen molar-refractivity contribution in [2.75, 3.05) is 13.1 Å². The molecule has 3 heteroatoms. The third-order valence-electron chi connectivity index (χ3n) is 5.26. The summed E-state index contributed by atoms with van der Waals surface area (Å²) in [5.41, 5.74) is 5.60. The zero-order valence-electron chi connectivity index (χ0n) is 14.3. The van der Waals surface area contributed by atoms with E-state index in [-0.39, 0.29) is 11.3 Å². The maximum Gasteiger partial charge on any atom is 0.226 e. The summed E-state index contributed by atoms with van der Waals surface area (Å²) in [6.07, 6.45) is 7.54. The molecule has 0 fully saturated rings. The van der Waals surface area contributed by atoms with Crippen LogP contribution in [0.1, 0.15) is 79.6 Å². The fourth-order valence-electron chi connectivity index (χ4n) is 3.46. The van der Waals surface area contributed by atoms with Crippen molar-refractivity contribution in [3.63, 3.8) is 0 Å². The van der Waals surface area contributed by atoms with Crippen molar-refractivity contribution in [3.05, 3.63) is 0 Å². The van der Waals surface area contributed by atoms with E-state index >= 15 is 0 Å². The summed E-state index contributed by atoms with van der Waals surface area (Å²) in [5, 5.41) is 3.02. The summed E-state index contributed by atoms with van der Waals surface area (Å²) < 4.78 is 0. The minimum absolute atomic E-state index is 0.204. The third kappa shape index (κ3) is 4.76. The second kappa shape index (κ2) is 9.38. The van der Waals surface area contributed by atoms with E-state index in [1.807, 2.05) is 0 Å². The van der Waals surface area contributed by atoms with Crippen molar-refractivity contribution in [1.82, 2.24) is 5.32 Å². The molecule has 0 saturated carbocycles. The smallest absolute Gasteiger partial charge is 0.226 e. The van der Waals surface area contributed by atoms with Gasteiger partial charge in [-0.1, -0.05) is 53.9 Å². The zero-order chi connectivity index (χ0) is 15.6. The fourth-order valence-corrected chi connectivity index (χ4v) is 3.46. The van der Waals surface area contributed by atoms with Gasteiger partial charge in [0.1, 0.15) is 0 Å². The molecule has 0 atom stereocenters. The van der Waals surface area contributed by atoms with Crippen LogP contribution in [0.4, 0.5) is 0 Å². The van der Waals surface area contributed by atoms with Gasteiger partial charge in [-0.15, -0.1) is 0 Å². The first-order valence-corrected chi connectivity index (χ1v) is 8.48. The SMILES string of the molecule is CCCC(CC)(CC)CC(CC)(CC)C(=O)NCCN. The number of hydrogen-bond acceptors (Lipinski definition) is 2. The Morgan fingerprint density at radius 1 is 1.00 bits per heavy atom. The maximum atomic E-state index is 12.6. The molecule has 0 aliphatic carbocycles. The van der Waals surface area contributed by atoms with Gasteiger partial charge in [0.15, 0.2) is 0 Å². The lowest BCUT2D eigenvalue weighted by molar-refractivity contribution is -0.134. The highest BCUT2D eigenvalue weighted by molar-refractivity contribution is 5.82. The van der Waals surface area contributed by atoms with Gasteiger partial charge in [-0.2, -0.15) is 0 Å². The van der Waals surface area contributed by atoms with Crippen molar-refractivity contribution in [1.29, 1.82) is 0 Å². The van der Waals surface area contributed by atoms with E-state index in [4.69, 9.17) is 5.73 Å². The van der Waals surface area contributed by atoms with Crippen molar-refractivity contribution in [2.45, 2.75) is 79.6 Å². The van der Waals surface area contributed by atoms with Gasteiger partial charge in [0.2, 0.25) is 5.91 Å². The quantitative estimate of drug-likeness (QED) is 0.605. The van der Waals surface area contributed by atoms with Crippen LogP contribution in [-0.4, -0.2) is 19.0 Å². The number of carbonyl (C=O) groups excluding carboxylic acids is 1. The van der Waals surface area contributed by atoms with Crippen LogP contribution >= 0.6 is 0 Å². The highest BCUT2D eigenvalue weighted by atomic mass is 16.2. The lowest BCUT2D eigenvalue weighted by atomic mass is 9.64. The van der Waals surface area contributed by atoms with E-state index in [1.165, 1.54) is 12.8 Å². The molecular formula is C17H36N2O. The Morgan fingerprint density at radius 3 is 1.90 bits per heavy atom. The molecule has 0 aromatic carbocycles. The average molecular weight is 284 g/mol. The van der Waals surface area contributed by atoms with Crippen molar-refractivity contribution in [2.24, 2.45) is 16.6 Å². The van der Waals surface area contributed by atoms with Crippen LogP contribution in [0.15, 0.2) is 0 Å². The average Bonchev–Trinajstić information content (AvgIpc) is 2.49. The van der Waals surface area contributed by atoms with Crippen molar-refractivity contribution < 1.29 is 4.79 Å². The molecule has 0 unspecified atom stereocenters. The van der Waals surface area contributed by atoms with Gasteiger partial charge in [0.25, 0.3) is 0 Å². The molecule has 0 saturated heterocycles. The predicted molar refractivity (Wildman–Crippen MR) is 87.6 cm³/mol. The summed E-state index contributed by atoms with van der Waals surface area (Å²) in [5.74, 6) is 0.204. The first kappa shape index (κ1) is 19.4. The summed E-state index contributed by atoms with van der Waals surface area (Å²) in [7, 11) is 0. The molecule has 0 bridgehead atoms. The molecule has 0 radical (unpaired) electrons. The number of carbonyl (C=O) groups is 1. The molecule has 3 nitrogen and oxygen atoms in total. The van der Waals surface area contributed by atoms with E-state index in [1.54, 1.807) is 0 Å². The van der Waals surface area contributed by atoms with E-state index in [9.17, 15) is 4.79 Å². The van der Waals surface area contributed by atoms with Gasteiger partial charge in [0.05, 0.1) is 0 Å². The largest absolute Gasteiger partial charge is 0.354 e. The van der Waals surface area contributed by atoms with Crippen LogP contribution < -0.4 is 11.1 Å². The summed E-state index contributed by atoms with van der Waals surface area (Å²) in [6, 6.07) is 0. The van der Waals surface area contributed by atoms with Gasteiger partial charge in [-0.25, -0.2) is 0 Å². The summed E-state index contributed by atoms with van der Waals surface area (Å²) in [6.45, 7) is 12.2. The van der Waals surface area contributed by atoms with E-state index in [0.717, 1.165) is 32.1 Å².